The van der Waals surface area contributed by atoms with Crippen molar-refractivity contribution in [2.24, 2.45) is 0 Å². The molecule has 0 aliphatic heterocycles. The van der Waals surface area contributed by atoms with Crippen LogP contribution in [-0.2, 0) is 14.0 Å². The lowest BCUT2D eigenvalue weighted by Gasteiger charge is -2.30. The average Bonchev–Trinajstić information content (AvgIpc) is 2.54. The van der Waals surface area contributed by atoms with Gasteiger partial charge in [0.2, 0.25) is 0 Å². The van der Waals surface area contributed by atoms with Gasteiger partial charge in [0.15, 0.2) is 6.79 Å². The van der Waals surface area contributed by atoms with E-state index in [0.717, 1.165) is 6.04 Å². The van der Waals surface area contributed by atoms with Crippen molar-refractivity contribution in [2.75, 3.05) is 6.79 Å². The first-order valence-corrected chi connectivity index (χ1v) is 8.75. The molecule has 0 unspecified atom stereocenters. The fourth-order valence-electron chi connectivity index (χ4n) is 2.42. The minimum Gasteiger partial charge on any atom is -0.442 e. The Morgan fingerprint density at radius 3 is 1.85 bits per heavy atom. The molecule has 0 heterocycles. The van der Waals surface area contributed by atoms with Gasteiger partial charge in [0.1, 0.15) is 0 Å². The molecule has 0 aliphatic rings. The van der Waals surface area contributed by atoms with Gasteiger partial charge in [-0.2, -0.15) is 0 Å². The Bertz CT molecular complexity index is 488. The van der Waals surface area contributed by atoms with Crippen molar-refractivity contribution < 1.29 is 14.0 Å². The maximum Gasteiger partial charge on any atom is 0.295 e. The predicted octanol–water partition coefficient (Wildman–Crippen LogP) is 1.91. The number of carbonyl (C=O) groups is 1. The van der Waals surface area contributed by atoms with Crippen molar-refractivity contribution in [3.8, 4) is 0 Å². The summed E-state index contributed by atoms with van der Waals surface area (Å²) in [4.78, 5) is 10.4. The first-order chi connectivity index (χ1) is 9.83. The van der Waals surface area contributed by atoms with E-state index in [9.17, 15) is 4.79 Å². The second-order valence-electron chi connectivity index (χ2n) is 4.44. The SMILES string of the molecule is CC[Si](OCOC=O)(c1ccccc1)c1ccccc1. The first kappa shape index (κ1) is 14.5. The average molecular weight is 286 g/mol. The highest BCUT2D eigenvalue weighted by atomic mass is 28.4. The highest BCUT2D eigenvalue weighted by Gasteiger charge is 2.37. The zero-order chi connectivity index (χ0) is 14.3. The van der Waals surface area contributed by atoms with E-state index in [2.05, 4.69) is 31.2 Å². The molecule has 0 spiro atoms. The van der Waals surface area contributed by atoms with Gasteiger partial charge in [-0.15, -0.1) is 0 Å². The minimum atomic E-state index is -2.34. The highest BCUT2D eigenvalue weighted by Crippen LogP contribution is 2.13. The van der Waals surface area contributed by atoms with Gasteiger partial charge < -0.3 is 9.16 Å². The van der Waals surface area contributed by atoms with Gasteiger partial charge in [-0.3, -0.25) is 4.79 Å². The lowest BCUT2D eigenvalue weighted by molar-refractivity contribution is -0.134. The van der Waals surface area contributed by atoms with E-state index >= 15 is 0 Å². The molecule has 0 aliphatic carbocycles. The van der Waals surface area contributed by atoms with Crippen molar-refractivity contribution in [2.45, 2.75) is 13.0 Å². The molecular formula is C16H18O3Si. The Hall–Kier alpha value is -1.91. The van der Waals surface area contributed by atoms with Crippen LogP contribution in [0.15, 0.2) is 60.7 Å². The summed E-state index contributed by atoms with van der Waals surface area (Å²) in [6.45, 7) is 2.53. The maximum absolute atomic E-state index is 10.4. The van der Waals surface area contributed by atoms with Crippen LogP contribution in [0.1, 0.15) is 6.92 Å². The molecule has 3 nitrogen and oxygen atoms in total. The zero-order valence-corrected chi connectivity index (χ0v) is 12.5. The van der Waals surface area contributed by atoms with Gasteiger partial charge in [0.05, 0.1) is 0 Å². The molecule has 0 fully saturated rings. The van der Waals surface area contributed by atoms with Gasteiger partial charge in [0, 0.05) is 0 Å². The van der Waals surface area contributed by atoms with Gasteiger partial charge in [-0.25, -0.2) is 0 Å². The standard InChI is InChI=1S/C16H18O3Si/c1-2-20(19-14-18-13-17,15-9-5-3-6-10-15)16-11-7-4-8-12-16/h3-13H,2,14H2,1H3. The van der Waals surface area contributed by atoms with Crippen molar-refractivity contribution in [3.05, 3.63) is 60.7 Å². The van der Waals surface area contributed by atoms with E-state index in [4.69, 9.17) is 9.16 Å². The number of carbonyl (C=O) groups excluding carboxylic acids is 1. The second kappa shape index (κ2) is 7.03. The number of ether oxygens (including phenoxy) is 1. The van der Waals surface area contributed by atoms with Crippen LogP contribution in [0.5, 0.6) is 0 Å². The largest absolute Gasteiger partial charge is 0.442 e. The molecule has 0 saturated heterocycles. The smallest absolute Gasteiger partial charge is 0.295 e. The molecule has 0 N–H and O–H groups in total. The Morgan fingerprint density at radius 1 is 0.950 bits per heavy atom. The van der Waals surface area contributed by atoms with Crippen molar-refractivity contribution in [3.63, 3.8) is 0 Å². The summed E-state index contributed by atoms with van der Waals surface area (Å²) in [5, 5.41) is 2.37. The summed E-state index contributed by atoms with van der Waals surface area (Å²) in [7, 11) is -2.34. The molecule has 2 aromatic rings. The van der Waals surface area contributed by atoms with Gasteiger partial charge in [-0.05, 0) is 16.4 Å². The van der Waals surface area contributed by atoms with Crippen LogP contribution < -0.4 is 10.4 Å². The zero-order valence-electron chi connectivity index (χ0n) is 11.5. The molecule has 0 aromatic heterocycles. The molecule has 4 heteroatoms. The van der Waals surface area contributed by atoms with Crippen LogP contribution in [0.25, 0.3) is 0 Å². The van der Waals surface area contributed by atoms with Crippen LogP contribution in [0, 0.1) is 0 Å². The Kier molecular flexibility index (Phi) is 5.09. The molecule has 104 valence electrons. The summed E-state index contributed by atoms with van der Waals surface area (Å²) in [5.41, 5.74) is 0. The van der Waals surface area contributed by atoms with Gasteiger partial charge in [0.25, 0.3) is 14.8 Å². The van der Waals surface area contributed by atoms with Crippen LogP contribution in [-0.4, -0.2) is 21.6 Å². The minimum absolute atomic E-state index is 0.00660. The van der Waals surface area contributed by atoms with E-state index in [1.54, 1.807) is 0 Å². The second-order valence-corrected chi connectivity index (χ2v) is 8.24. The quantitative estimate of drug-likeness (QED) is 0.338. The summed E-state index contributed by atoms with van der Waals surface area (Å²) in [6, 6.07) is 21.3. The van der Waals surface area contributed by atoms with Gasteiger partial charge in [-0.1, -0.05) is 67.6 Å². The summed E-state index contributed by atoms with van der Waals surface area (Å²) in [6.07, 6.45) is 0. The summed E-state index contributed by atoms with van der Waals surface area (Å²) < 4.78 is 10.8. The van der Waals surface area contributed by atoms with E-state index < -0.39 is 8.32 Å². The van der Waals surface area contributed by atoms with E-state index in [0.29, 0.717) is 6.47 Å². The normalized spacial score (nSPS) is 11.1. The molecule has 0 radical (unpaired) electrons. The molecule has 0 saturated carbocycles. The first-order valence-electron chi connectivity index (χ1n) is 6.63. The van der Waals surface area contributed by atoms with Crippen LogP contribution >= 0.6 is 0 Å². The molecule has 2 rings (SSSR count). The number of benzene rings is 2. The summed E-state index contributed by atoms with van der Waals surface area (Å²) in [5.74, 6) is 0. The maximum atomic E-state index is 10.4. The van der Waals surface area contributed by atoms with Crippen LogP contribution in [0.2, 0.25) is 6.04 Å². The summed E-state index contributed by atoms with van der Waals surface area (Å²) >= 11 is 0. The van der Waals surface area contributed by atoms with Crippen molar-refractivity contribution in [1.29, 1.82) is 0 Å². The van der Waals surface area contributed by atoms with Crippen LogP contribution in [0.3, 0.4) is 0 Å². The van der Waals surface area contributed by atoms with Gasteiger partial charge >= 0.3 is 0 Å². The van der Waals surface area contributed by atoms with Crippen molar-refractivity contribution >= 4 is 25.2 Å². The number of hydrogen-bond donors (Lipinski definition) is 0. The topological polar surface area (TPSA) is 35.5 Å². The fraction of sp³-hybridized carbons (Fsp3) is 0.188. The molecule has 0 atom stereocenters. The van der Waals surface area contributed by atoms with Crippen LogP contribution in [0.4, 0.5) is 0 Å². The molecular weight excluding hydrogens is 268 g/mol. The highest BCUT2D eigenvalue weighted by molar-refractivity contribution is 6.97. The Balaban J connectivity index is 2.43. The van der Waals surface area contributed by atoms with Crippen molar-refractivity contribution in [1.82, 2.24) is 0 Å². The Morgan fingerprint density at radius 2 is 1.45 bits per heavy atom. The Labute approximate surface area is 120 Å². The monoisotopic (exact) mass is 286 g/mol. The molecule has 0 bridgehead atoms. The van der Waals surface area contributed by atoms with E-state index in [-0.39, 0.29) is 6.79 Å². The lowest BCUT2D eigenvalue weighted by Crippen LogP contribution is -2.60. The fourth-order valence-corrected chi connectivity index (χ4v) is 5.84. The molecule has 20 heavy (non-hydrogen) atoms. The molecule has 0 amide bonds. The van der Waals surface area contributed by atoms with E-state index in [1.165, 1.54) is 10.4 Å². The third-order valence-corrected chi connectivity index (χ3v) is 7.56. The number of rotatable bonds is 7. The lowest BCUT2D eigenvalue weighted by atomic mass is 10.4. The van der Waals surface area contributed by atoms with E-state index in [1.807, 2.05) is 36.4 Å². The number of hydrogen-bond acceptors (Lipinski definition) is 3. The third-order valence-electron chi connectivity index (χ3n) is 3.42. The predicted molar refractivity (Wildman–Crippen MR) is 81.5 cm³/mol. The molecule has 2 aromatic carbocycles. The third kappa shape index (κ3) is 2.97.